The number of amidine groups is 1. The highest BCUT2D eigenvalue weighted by atomic mass is 35.5. The molecule has 2 fully saturated rings. The van der Waals surface area contributed by atoms with Crippen molar-refractivity contribution in [2.45, 2.75) is 25.1 Å². The number of benzene rings is 1. The Morgan fingerprint density at radius 3 is 2.52 bits per heavy atom. The summed E-state index contributed by atoms with van der Waals surface area (Å²) in [6.07, 6.45) is 0. The van der Waals surface area contributed by atoms with Gasteiger partial charge in [0.25, 0.3) is 5.91 Å². The highest BCUT2D eigenvalue weighted by molar-refractivity contribution is 8.16. The first kappa shape index (κ1) is 20.3. The zero-order chi connectivity index (χ0) is 19.9. The van der Waals surface area contributed by atoms with Crippen LogP contribution >= 0.6 is 23.4 Å². The number of carbonyl (C=O) groups is 1. The van der Waals surface area contributed by atoms with Gasteiger partial charge in [-0.3, -0.25) is 4.79 Å². The third kappa shape index (κ3) is 3.90. The van der Waals surface area contributed by atoms with Gasteiger partial charge in [-0.2, -0.15) is 4.99 Å². The monoisotopic (exact) mass is 432 g/mol. The number of carbonyl (C=O) groups excluding carboxylic acids is 1. The number of ether oxygens (including phenoxy) is 2. The summed E-state index contributed by atoms with van der Waals surface area (Å²) in [4.78, 5) is 18.2. The van der Waals surface area contributed by atoms with Gasteiger partial charge in [0, 0.05) is 17.2 Å². The molecule has 0 bridgehead atoms. The van der Waals surface area contributed by atoms with Crippen LogP contribution in [0, 0.1) is 5.92 Å². The smallest absolute Gasteiger partial charge is 0.250 e. The molecule has 2 saturated heterocycles. The van der Waals surface area contributed by atoms with Gasteiger partial charge in [0.1, 0.15) is 11.5 Å². The molecular formula is C17H21ClN2O5S2. The summed E-state index contributed by atoms with van der Waals surface area (Å²) in [6.45, 7) is 3.54. The second-order valence-corrected chi connectivity index (χ2v) is 10.5. The number of halogens is 1. The van der Waals surface area contributed by atoms with E-state index in [0.717, 1.165) is 0 Å². The molecule has 2 aliphatic rings. The van der Waals surface area contributed by atoms with Gasteiger partial charge in [-0.25, -0.2) is 8.42 Å². The lowest BCUT2D eigenvalue weighted by molar-refractivity contribution is -0.120. The molecule has 1 amide bonds. The van der Waals surface area contributed by atoms with Gasteiger partial charge in [0.05, 0.1) is 42.5 Å². The minimum absolute atomic E-state index is 0.00758. The number of fused-ring (bicyclic) bond motifs is 1. The van der Waals surface area contributed by atoms with Crippen molar-refractivity contribution in [2.24, 2.45) is 10.9 Å². The van der Waals surface area contributed by atoms with Crippen molar-refractivity contribution in [1.82, 2.24) is 0 Å². The molecule has 0 N–H and O–H groups in total. The highest BCUT2D eigenvalue weighted by Gasteiger charge is 2.50. The number of nitrogens with zero attached hydrogens (tertiary/aromatic N) is 2. The van der Waals surface area contributed by atoms with Crippen molar-refractivity contribution in [3.05, 3.63) is 17.2 Å². The van der Waals surface area contributed by atoms with Crippen molar-refractivity contribution >= 4 is 50.0 Å². The van der Waals surface area contributed by atoms with E-state index in [9.17, 15) is 13.2 Å². The standard InChI is InChI=1S/C17H21ClN2O5S2/c1-9(2)16(21)19-17-20(12-7-27(22,23)8-15(12)26-17)11-5-10(18)13(24-3)6-14(11)25-4/h5-6,9,12,15H,7-8H2,1-4H3. The number of hydrogen-bond acceptors (Lipinski definition) is 6. The van der Waals surface area contributed by atoms with E-state index in [4.69, 9.17) is 21.1 Å². The number of aliphatic imine (C=N–C) groups is 1. The lowest BCUT2D eigenvalue weighted by atomic mass is 10.1. The highest BCUT2D eigenvalue weighted by Crippen LogP contribution is 2.46. The number of amides is 1. The van der Waals surface area contributed by atoms with Crippen LogP contribution < -0.4 is 14.4 Å². The quantitative estimate of drug-likeness (QED) is 0.722. The maximum atomic E-state index is 12.2. The Labute approximate surface area is 168 Å². The van der Waals surface area contributed by atoms with Crippen molar-refractivity contribution in [1.29, 1.82) is 0 Å². The van der Waals surface area contributed by atoms with Gasteiger partial charge in [0.2, 0.25) is 0 Å². The van der Waals surface area contributed by atoms with Gasteiger partial charge in [-0.1, -0.05) is 37.2 Å². The second-order valence-electron chi connectivity index (χ2n) is 6.72. The fraction of sp³-hybridized carbons (Fsp3) is 0.529. The number of methoxy groups -OCH3 is 2. The molecule has 148 valence electrons. The summed E-state index contributed by atoms with van der Waals surface area (Å²) in [7, 11) is -0.150. The average molecular weight is 433 g/mol. The Bertz CT molecular complexity index is 901. The number of thioether (sulfide) groups is 1. The second kappa shape index (κ2) is 7.52. The predicted molar refractivity (Wildman–Crippen MR) is 108 cm³/mol. The maximum absolute atomic E-state index is 12.2. The average Bonchev–Trinajstić information content (AvgIpc) is 3.05. The fourth-order valence-electron chi connectivity index (χ4n) is 3.10. The van der Waals surface area contributed by atoms with E-state index in [-0.39, 0.29) is 34.6 Å². The molecule has 2 atom stereocenters. The van der Waals surface area contributed by atoms with Crippen LogP contribution in [0.25, 0.3) is 0 Å². The zero-order valence-electron chi connectivity index (χ0n) is 15.4. The number of hydrogen-bond donors (Lipinski definition) is 0. The Morgan fingerprint density at radius 2 is 1.93 bits per heavy atom. The summed E-state index contributed by atoms with van der Waals surface area (Å²) in [5, 5.41) is 0.634. The van der Waals surface area contributed by atoms with Gasteiger partial charge in [-0.05, 0) is 6.07 Å². The number of sulfone groups is 1. The predicted octanol–water partition coefficient (Wildman–Crippen LogP) is 2.61. The van der Waals surface area contributed by atoms with Crippen LogP contribution in [0.4, 0.5) is 5.69 Å². The lowest BCUT2D eigenvalue weighted by Crippen LogP contribution is -2.38. The van der Waals surface area contributed by atoms with Gasteiger partial charge < -0.3 is 14.4 Å². The van der Waals surface area contributed by atoms with Gasteiger partial charge in [-0.15, -0.1) is 0 Å². The summed E-state index contributed by atoms with van der Waals surface area (Å²) < 4.78 is 35.0. The Balaban J connectivity index is 2.13. The molecule has 0 radical (unpaired) electrons. The van der Waals surface area contributed by atoms with Crippen molar-refractivity contribution < 1.29 is 22.7 Å². The van der Waals surface area contributed by atoms with Crippen LogP contribution in [0.15, 0.2) is 17.1 Å². The molecule has 1 aromatic rings. The number of rotatable bonds is 4. The van der Waals surface area contributed by atoms with Gasteiger partial charge >= 0.3 is 0 Å². The Morgan fingerprint density at radius 1 is 1.26 bits per heavy atom. The summed E-state index contributed by atoms with van der Waals surface area (Å²) >= 11 is 7.61. The van der Waals surface area contributed by atoms with Gasteiger partial charge in [0.15, 0.2) is 15.0 Å². The minimum atomic E-state index is -3.16. The molecule has 27 heavy (non-hydrogen) atoms. The molecule has 1 aromatic carbocycles. The van der Waals surface area contributed by atoms with E-state index in [1.807, 2.05) is 0 Å². The van der Waals surface area contributed by atoms with Crippen LogP contribution in [0.1, 0.15) is 13.8 Å². The maximum Gasteiger partial charge on any atom is 0.250 e. The molecule has 2 aliphatic heterocycles. The Kier molecular flexibility index (Phi) is 5.65. The van der Waals surface area contributed by atoms with E-state index < -0.39 is 9.84 Å². The third-order valence-corrected chi connectivity index (χ3v) is 7.98. The normalized spacial score (nSPS) is 25.1. The largest absolute Gasteiger partial charge is 0.495 e. The molecule has 10 heteroatoms. The van der Waals surface area contributed by atoms with Crippen LogP contribution in [0.5, 0.6) is 11.5 Å². The molecule has 0 aliphatic carbocycles. The minimum Gasteiger partial charge on any atom is -0.495 e. The van der Waals surface area contributed by atoms with E-state index in [1.54, 1.807) is 30.9 Å². The zero-order valence-corrected chi connectivity index (χ0v) is 17.8. The van der Waals surface area contributed by atoms with Crippen molar-refractivity contribution in [2.75, 3.05) is 30.6 Å². The van der Waals surface area contributed by atoms with E-state index in [1.165, 1.54) is 26.0 Å². The van der Waals surface area contributed by atoms with E-state index in [0.29, 0.717) is 27.4 Å². The molecule has 0 spiro atoms. The lowest BCUT2D eigenvalue weighted by Gasteiger charge is -2.27. The first-order valence-electron chi connectivity index (χ1n) is 8.37. The topological polar surface area (TPSA) is 85.3 Å². The molecule has 7 nitrogen and oxygen atoms in total. The number of anilines is 1. The van der Waals surface area contributed by atoms with Crippen molar-refractivity contribution in [3.63, 3.8) is 0 Å². The molecule has 0 saturated carbocycles. The third-order valence-electron chi connectivity index (χ3n) is 4.48. The van der Waals surface area contributed by atoms with Crippen LogP contribution in [0.3, 0.4) is 0 Å². The molecular weight excluding hydrogens is 412 g/mol. The molecule has 2 unspecified atom stereocenters. The summed E-state index contributed by atoms with van der Waals surface area (Å²) in [5.41, 5.74) is 0.565. The summed E-state index contributed by atoms with van der Waals surface area (Å²) in [5.74, 6) is 0.434. The first-order chi connectivity index (χ1) is 12.7. The first-order valence-corrected chi connectivity index (χ1v) is 11.4. The van der Waals surface area contributed by atoms with E-state index in [2.05, 4.69) is 4.99 Å². The van der Waals surface area contributed by atoms with Crippen LogP contribution in [-0.4, -0.2) is 56.5 Å². The summed E-state index contributed by atoms with van der Waals surface area (Å²) in [6, 6.07) is 2.96. The SMILES string of the molecule is COc1cc(OC)c(N2C(=NC(=O)C(C)C)SC3CS(=O)(=O)CC32)cc1Cl. The van der Waals surface area contributed by atoms with Crippen LogP contribution in [-0.2, 0) is 14.6 Å². The van der Waals surface area contributed by atoms with E-state index >= 15 is 0 Å². The fourth-order valence-corrected chi connectivity index (χ4v) is 7.25. The Hall–Kier alpha value is -1.45. The molecule has 2 heterocycles. The van der Waals surface area contributed by atoms with Crippen LogP contribution in [0.2, 0.25) is 5.02 Å². The molecule has 0 aromatic heterocycles. The van der Waals surface area contributed by atoms with Crippen molar-refractivity contribution in [3.8, 4) is 11.5 Å². The molecule has 3 rings (SSSR count).